The number of benzene rings is 1. The number of aromatic nitrogens is 2. The molecule has 0 amide bonds. The van der Waals surface area contributed by atoms with E-state index in [1.165, 1.54) is 10.2 Å². The number of alkyl halides is 2. The Morgan fingerprint density at radius 2 is 2.00 bits per heavy atom. The predicted molar refractivity (Wildman–Crippen MR) is 91.2 cm³/mol. The van der Waals surface area contributed by atoms with Crippen molar-refractivity contribution >= 4 is 5.82 Å². The van der Waals surface area contributed by atoms with Crippen molar-refractivity contribution in [2.75, 3.05) is 11.9 Å². The molecule has 1 aliphatic heterocycles. The summed E-state index contributed by atoms with van der Waals surface area (Å²) in [6.45, 7) is 5.94. The summed E-state index contributed by atoms with van der Waals surface area (Å²) in [7, 11) is 0. The minimum absolute atomic E-state index is 0.0824. The minimum Gasteiger partial charge on any atom is -0.365 e. The number of hydrogen-bond donors (Lipinski definition) is 1. The average Bonchev–Trinajstić information content (AvgIpc) is 3.04. The molecule has 3 rings (SSSR count). The lowest BCUT2D eigenvalue weighted by molar-refractivity contribution is 0.122. The van der Waals surface area contributed by atoms with Gasteiger partial charge in [-0.15, -0.1) is 0 Å². The van der Waals surface area contributed by atoms with Gasteiger partial charge in [0.2, 0.25) is 0 Å². The minimum atomic E-state index is -2.38. The molecule has 24 heavy (non-hydrogen) atoms. The summed E-state index contributed by atoms with van der Waals surface area (Å²) in [4.78, 5) is 2.45. The summed E-state index contributed by atoms with van der Waals surface area (Å²) in [5, 5.41) is 7.57. The Morgan fingerprint density at radius 3 is 2.71 bits per heavy atom. The number of rotatable bonds is 6. The molecule has 130 valence electrons. The first-order valence-electron chi connectivity index (χ1n) is 8.29. The van der Waals surface area contributed by atoms with Crippen LogP contribution in [0.2, 0.25) is 0 Å². The standard InChI is InChI=1S/C18H24F2N4/c1-18(2)10-15(12-23(18)11-14-6-4-3-5-7-14)21-17-8-9-24(22-17)13-16(19)20/h3-9,15-16H,10-13H2,1-2H3,(H,21,22)/t15-/m1/s1. The SMILES string of the molecule is CC1(C)C[C@@H](Nc2ccn(CC(F)F)n2)CN1Cc1ccccc1. The van der Waals surface area contributed by atoms with Gasteiger partial charge in [0.1, 0.15) is 12.4 Å². The maximum Gasteiger partial charge on any atom is 0.257 e. The summed E-state index contributed by atoms with van der Waals surface area (Å²) in [6, 6.07) is 12.5. The van der Waals surface area contributed by atoms with Crippen LogP contribution in [-0.4, -0.2) is 39.2 Å². The fourth-order valence-electron chi connectivity index (χ4n) is 3.38. The van der Waals surface area contributed by atoms with Crippen molar-refractivity contribution in [3.63, 3.8) is 0 Å². The molecule has 2 heterocycles. The second-order valence-electron chi connectivity index (χ2n) is 7.04. The molecule has 4 nitrogen and oxygen atoms in total. The second-order valence-corrected chi connectivity index (χ2v) is 7.04. The Kier molecular flexibility index (Phi) is 4.85. The first kappa shape index (κ1) is 16.9. The second kappa shape index (κ2) is 6.89. The maximum atomic E-state index is 12.4. The van der Waals surface area contributed by atoms with Crippen molar-refractivity contribution in [2.24, 2.45) is 0 Å². The molecule has 0 unspecified atom stereocenters. The largest absolute Gasteiger partial charge is 0.365 e. The molecule has 0 spiro atoms. The summed E-state index contributed by atoms with van der Waals surface area (Å²) in [5.41, 5.74) is 1.38. The van der Waals surface area contributed by atoms with Gasteiger partial charge in [0.25, 0.3) is 6.43 Å². The molecule has 0 saturated carbocycles. The van der Waals surface area contributed by atoms with Crippen molar-refractivity contribution in [1.82, 2.24) is 14.7 Å². The molecule has 1 atom stereocenters. The number of likely N-dealkylation sites (tertiary alicyclic amines) is 1. The van der Waals surface area contributed by atoms with Crippen molar-refractivity contribution in [3.8, 4) is 0 Å². The lowest BCUT2D eigenvalue weighted by atomic mass is 10.00. The van der Waals surface area contributed by atoms with Crippen molar-refractivity contribution in [3.05, 3.63) is 48.2 Å². The van der Waals surface area contributed by atoms with Crippen molar-refractivity contribution in [2.45, 2.75) is 51.4 Å². The van der Waals surface area contributed by atoms with Gasteiger partial charge in [0.15, 0.2) is 0 Å². The van der Waals surface area contributed by atoms with E-state index in [0.29, 0.717) is 5.82 Å². The van der Waals surface area contributed by atoms with Gasteiger partial charge in [0.05, 0.1) is 0 Å². The van der Waals surface area contributed by atoms with Gasteiger partial charge in [-0.3, -0.25) is 9.58 Å². The van der Waals surface area contributed by atoms with Gasteiger partial charge in [-0.1, -0.05) is 30.3 Å². The first-order chi connectivity index (χ1) is 11.4. The summed E-state index contributed by atoms with van der Waals surface area (Å²) >= 11 is 0. The van der Waals surface area contributed by atoms with Gasteiger partial charge < -0.3 is 5.32 Å². The lowest BCUT2D eigenvalue weighted by Gasteiger charge is -2.31. The molecule has 0 bridgehead atoms. The molecule has 1 saturated heterocycles. The van der Waals surface area contributed by atoms with E-state index < -0.39 is 6.43 Å². The topological polar surface area (TPSA) is 33.1 Å². The van der Waals surface area contributed by atoms with Crippen molar-refractivity contribution in [1.29, 1.82) is 0 Å². The smallest absolute Gasteiger partial charge is 0.257 e. The van der Waals surface area contributed by atoms with Gasteiger partial charge in [-0.2, -0.15) is 5.10 Å². The monoisotopic (exact) mass is 334 g/mol. The fourth-order valence-corrected chi connectivity index (χ4v) is 3.38. The van der Waals surface area contributed by atoms with E-state index in [4.69, 9.17) is 0 Å². The molecule has 1 aromatic carbocycles. The van der Waals surface area contributed by atoms with Gasteiger partial charge in [-0.25, -0.2) is 8.78 Å². The third kappa shape index (κ3) is 4.12. The first-order valence-corrected chi connectivity index (χ1v) is 8.29. The van der Waals surface area contributed by atoms with E-state index in [1.54, 1.807) is 12.3 Å². The molecular weight excluding hydrogens is 310 g/mol. The predicted octanol–water partition coefficient (Wildman–Crippen LogP) is 3.61. The van der Waals surface area contributed by atoms with E-state index in [9.17, 15) is 8.78 Å². The molecule has 6 heteroatoms. The van der Waals surface area contributed by atoms with Crippen LogP contribution < -0.4 is 5.32 Å². The van der Waals surface area contributed by atoms with Gasteiger partial charge in [-0.05, 0) is 25.8 Å². The highest BCUT2D eigenvalue weighted by Crippen LogP contribution is 2.31. The maximum absolute atomic E-state index is 12.4. The van der Waals surface area contributed by atoms with Crippen LogP contribution in [0, 0.1) is 0 Å². The summed E-state index contributed by atoms with van der Waals surface area (Å²) < 4.78 is 26.1. The number of anilines is 1. The van der Waals surface area contributed by atoms with E-state index in [2.05, 4.69) is 53.4 Å². The molecule has 1 aromatic heterocycles. The third-order valence-electron chi connectivity index (χ3n) is 4.58. The lowest BCUT2D eigenvalue weighted by Crippen LogP contribution is -2.37. The molecule has 1 fully saturated rings. The van der Waals surface area contributed by atoms with Crippen LogP contribution in [0.3, 0.4) is 0 Å². The van der Waals surface area contributed by atoms with Crippen LogP contribution >= 0.6 is 0 Å². The van der Waals surface area contributed by atoms with E-state index in [0.717, 1.165) is 19.5 Å². The average molecular weight is 334 g/mol. The normalized spacial score (nSPS) is 20.6. The van der Waals surface area contributed by atoms with Gasteiger partial charge in [0, 0.05) is 36.9 Å². The fraction of sp³-hybridized carbons (Fsp3) is 0.500. The number of halogens is 2. The van der Waals surface area contributed by atoms with Crippen LogP contribution in [0.15, 0.2) is 42.6 Å². The highest BCUT2D eigenvalue weighted by atomic mass is 19.3. The van der Waals surface area contributed by atoms with Crippen LogP contribution in [0.1, 0.15) is 25.8 Å². The third-order valence-corrected chi connectivity index (χ3v) is 4.58. The molecule has 1 aliphatic rings. The van der Waals surface area contributed by atoms with Crippen LogP contribution in [0.5, 0.6) is 0 Å². The van der Waals surface area contributed by atoms with Crippen LogP contribution in [0.4, 0.5) is 14.6 Å². The molecular formula is C18H24F2N4. The highest BCUT2D eigenvalue weighted by molar-refractivity contribution is 5.34. The Hall–Kier alpha value is -1.95. The molecule has 1 N–H and O–H groups in total. The van der Waals surface area contributed by atoms with E-state index in [-0.39, 0.29) is 18.1 Å². The number of nitrogens with zero attached hydrogens (tertiary/aromatic N) is 3. The van der Waals surface area contributed by atoms with E-state index in [1.807, 2.05) is 6.07 Å². The Bertz CT molecular complexity index is 654. The number of hydrogen-bond acceptors (Lipinski definition) is 3. The summed E-state index contributed by atoms with van der Waals surface area (Å²) in [6.07, 6.45) is 0.197. The van der Waals surface area contributed by atoms with Crippen LogP contribution in [-0.2, 0) is 13.1 Å². The van der Waals surface area contributed by atoms with Crippen molar-refractivity contribution < 1.29 is 8.78 Å². The quantitative estimate of drug-likeness (QED) is 0.876. The van der Waals surface area contributed by atoms with Gasteiger partial charge >= 0.3 is 0 Å². The van der Waals surface area contributed by atoms with Crippen LogP contribution in [0.25, 0.3) is 0 Å². The molecule has 0 aliphatic carbocycles. The molecule has 0 radical (unpaired) electrons. The van der Waals surface area contributed by atoms with E-state index >= 15 is 0 Å². The Morgan fingerprint density at radius 1 is 1.25 bits per heavy atom. The summed E-state index contributed by atoms with van der Waals surface area (Å²) in [5.74, 6) is 0.665. The zero-order chi connectivity index (χ0) is 17.2. The zero-order valence-electron chi connectivity index (χ0n) is 14.1. The highest BCUT2D eigenvalue weighted by Gasteiger charge is 2.38. The zero-order valence-corrected chi connectivity index (χ0v) is 14.1. The Labute approximate surface area is 141 Å². The molecule has 2 aromatic rings. The number of nitrogens with one attached hydrogen (secondary N) is 1. The Balaban J connectivity index is 1.61.